The Morgan fingerprint density at radius 1 is 1.15 bits per heavy atom. The quantitative estimate of drug-likeness (QED) is 0.310. The minimum atomic E-state index is -0.580. The van der Waals surface area contributed by atoms with Gasteiger partial charge in [0.15, 0.2) is 0 Å². The third-order valence-corrected chi connectivity index (χ3v) is 3.87. The minimum Gasteiger partial charge on any atom is -0.457 e. The van der Waals surface area contributed by atoms with Crippen LogP contribution in [-0.2, 0) is 0 Å². The summed E-state index contributed by atoms with van der Waals surface area (Å²) in [5.41, 5.74) is 4.45. The summed E-state index contributed by atoms with van der Waals surface area (Å²) in [7, 11) is 0. The second-order valence-corrected chi connectivity index (χ2v) is 6.03. The van der Waals surface area contributed by atoms with Crippen LogP contribution in [0.2, 0.25) is 5.02 Å². The molecule has 0 aliphatic carbocycles. The summed E-state index contributed by atoms with van der Waals surface area (Å²) in [6.07, 6.45) is 2.87. The lowest BCUT2D eigenvalue weighted by Crippen LogP contribution is -2.18. The molecule has 1 aromatic heterocycles. The number of hydrogen-bond donors (Lipinski definition) is 1. The first-order valence-corrected chi connectivity index (χ1v) is 8.36. The molecule has 3 aromatic rings. The molecule has 27 heavy (non-hydrogen) atoms. The van der Waals surface area contributed by atoms with E-state index in [1.165, 1.54) is 18.5 Å². The first-order chi connectivity index (χ1) is 13.0. The van der Waals surface area contributed by atoms with Gasteiger partial charge in [-0.25, -0.2) is 10.2 Å². The van der Waals surface area contributed by atoms with Crippen LogP contribution in [0, 0.1) is 6.92 Å². The first kappa shape index (κ1) is 18.4. The van der Waals surface area contributed by atoms with Gasteiger partial charge in [-0.05, 0) is 66.6 Å². The molecule has 1 heterocycles. The fraction of sp³-hybridized carbons (Fsp3) is 0.0500. The van der Waals surface area contributed by atoms with Crippen LogP contribution in [0.4, 0.5) is 0 Å². The van der Waals surface area contributed by atoms with E-state index >= 15 is 0 Å². The third kappa shape index (κ3) is 4.83. The van der Waals surface area contributed by atoms with Crippen molar-refractivity contribution in [3.8, 4) is 5.75 Å². The standard InChI is InChI=1S/C20H15ClN2O4/c1-13-4-9-16(17(21)11-13)19(24)23-22-12-14-5-7-15(8-6-14)27-20(25)18-3-2-10-26-18/h2-12H,1H3,(H,23,24)/b22-12+. The average molecular weight is 383 g/mol. The van der Waals surface area contributed by atoms with Gasteiger partial charge in [-0.15, -0.1) is 0 Å². The number of hydrazone groups is 1. The number of furan rings is 1. The van der Waals surface area contributed by atoms with Gasteiger partial charge in [0.05, 0.1) is 23.1 Å². The second-order valence-electron chi connectivity index (χ2n) is 5.62. The van der Waals surface area contributed by atoms with Crippen LogP contribution in [0.25, 0.3) is 0 Å². The Balaban J connectivity index is 1.57. The molecule has 7 heteroatoms. The Morgan fingerprint density at radius 2 is 1.93 bits per heavy atom. The van der Waals surface area contributed by atoms with E-state index in [1.54, 1.807) is 48.5 Å². The Bertz CT molecular complexity index is 980. The van der Waals surface area contributed by atoms with Gasteiger partial charge in [-0.2, -0.15) is 5.10 Å². The van der Waals surface area contributed by atoms with E-state index in [1.807, 2.05) is 6.92 Å². The lowest BCUT2D eigenvalue weighted by Gasteiger charge is -2.04. The fourth-order valence-corrected chi connectivity index (χ4v) is 2.52. The fourth-order valence-electron chi connectivity index (χ4n) is 2.20. The number of aryl methyl sites for hydroxylation is 1. The normalized spacial score (nSPS) is 10.7. The Morgan fingerprint density at radius 3 is 2.59 bits per heavy atom. The Kier molecular flexibility index (Phi) is 5.68. The highest BCUT2D eigenvalue weighted by molar-refractivity contribution is 6.33. The lowest BCUT2D eigenvalue weighted by atomic mass is 10.1. The van der Waals surface area contributed by atoms with E-state index in [-0.39, 0.29) is 5.76 Å². The number of ether oxygens (including phenoxy) is 1. The van der Waals surface area contributed by atoms with Gasteiger partial charge in [0, 0.05) is 0 Å². The number of hydrogen-bond acceptors (Lipinski definition) is 5. The molecular formula is C20H15ClN2O4. The van der Waals surface area contributed by atoms with E-state index in [4.69, 9.17) is 20.8 Å². The van der Waals surface area contributed by atoms with Crippen molar-refractivity contribution in [3.63, 3.8) is 0 Å². The summed E-state index contributed by atoms with van der Waals surface area (Å²) in [4.78, 5) is 23.9. The van der Waals surface area contributed by atoms with Crippen molar-refractivity contribution in [3.05, 3.63) is 88.3 Å². The van der Waals surface area contributed by atoms with E-state index in [2.05, 4.69) is 10.5 Å². The van der Waals surface area contributed by atoms with Crippen LogP contribution in [0.3, 0.4) is 0 Å². The number of nitrogens with one attached hydrogen (secondary N) is 1. The molecule has 1 amide bonds. The number of halogens is 1. The molecule has 0 saturated heterocycles. The van der Waals surface area contributed by atoms with Crippen molar-refractivity contribution in [2.75, 3.05) is 0 Å². The summed E-state index contributed by atoms with van der Waals surface area (Å²) in [6.45, 7) is 1.89. The number of rotatable bonds is 5. The number of esters is 1. The van der Waals surface area contributed by atoms with Gasteiger partial charge in [0.25, 0.3) is 5.91 Å². The van der Waals surface area contributed by atoms with Crippen molar-refractivity contribution in [2.24, 2.45) is 5.10 Å². The zero-order valence-electron chi connectivity index (χ0n) is 14.3. The summed E-state index contributed by atoms with van der Waals surface area (Å²) < 4.78 is 10.1. The topological polar surface area (TPSA) is 80.9 Å². The van der Waals surface area contributed by atoms with Crippen molar-refractivity contribution >= 4 is 29.7 Å². The SMILES string of the molecule is Cc1ccc(C(=O)N/N=C/c2ccc(OC(=O)c3ccco3)cc2)c(Cl)c1. The van der Waals surface area contributed by atoms with Crippen LogP contribution in [0.15, 0.2) is 70.4 Å². The molecule has 0 unspecified atom stereocenters. The predicted octanol–water partition coefficient (Wildman–Crippen LogP) is 4.22. The summed E-state index contributed by atoms with van der Waals surface area (Å²) in [6, 6.07) is 14.9. The van der Waals surface area contributed by atoms with E-state index in [0.717, 1.165) is 5.56 Å². The second kappa shape index (κ2) is 8.33. The minimum absolute atomic E-state index is 0.123. The Hall–Kier alpha value is -3.38. The van der Waals surface area contributed by atoms with Crippen LogP contribution in [0.5, 0.6) is 5.75 Å². The maximum Gasteiger partial charge on any atom is 0.379 e. The highest BCUT2D eigenvalue weighted by Gasteiger charge is 2.11. The van der Waals surface area contributed by atoms with Gasteiger partial charge < -0.3 is 9.15 Å². The molecule has 0 bridgehead atoms. The summed E-state index contributed by atoms with van der Waals surface area (Å²) in [5.74, 6) is -0.494. The molecule has 6 nitrogen and oxygen atoms in total. The number of amides is 1. The van der Waals surface area contributed by atoms with Crippen molar-refractivity contribution < 1.29 is 18.7 Å². The Labute approximate surface area is 160 Å². The predicted molar refractivity (Wildman–Crippen MR) is 101 cm³/mol. The maximum absolute atomic E-state index is 12.1. The number of carbonyl (C=O) groups excluding carboxylic acids is 2. The molecule has 0 fully saturated rings. The van der Waals surface area contributed by atoms with Gasteiger partial charge in [0.2, 0.25) is 5.76 Å². The molecule has 0 aliphatic heterocycles. The van der Waals surface area contributed by atoms with Crippen LogP contribution in [-0.4, -0.2) is 18.1 Å². The molecule has 0 saturated carbocycles. The van der Waals surface area contributed by atoms with E-state index in [9.17, 15) is 9.59 Å². The highest BCUT2D eigenvalue weighted by Crippen LogP contribution is 2.17. The van der Waals surface area contributed by atoms with E-state index in [0.29, 0.717) is 21.9 Å². The molecule has 136 valence electrons. The van der Waals surface area contributed by atoms with E-state index < -0.39 is 11.9 Å². The highest BCUT2D eigenvalue weighted by atomic mass is 35.5. The largest absolute Gasteiger partial charge is 0.457 e. The van der Waals surface area contributed by atoms with Crippen LogP contribution in [0.1, 0.15) is 32.0 Å². The van der Waals surface area contributed by atoms with Crippen molar-refractivity contribution in [1.29, 1.82) is 0 Å². The molecule has 0 aliphatic rings. The average Bonchev–Trinajstić information content (AvgIpc) is 3.18. The zero-order chi connectivity index (χ0) is 19.2. The maximum atomic E-state index is 12.1. The van der Waals surface area contributed by atoms with Crippen LogP contribution >= 0.6 is 11.6 Å². The number of nitrogens with zero attached hydrogens (tertiary/aromatic N) is 1. The zero-order valence-corrected chi connectivity index (χ0v) is 15.1. The summed E-state index contributed by atoms with van der Waals surface area (Å²) in [5, 5.41) is 4.27. The van der Waals surface area contributed by atoms with Gasteiger partial charge in [-0.3, -0.25) is 4.79 Å². The van der Waals surface area contributed by atoms with Crippen molar-refractivity contribution in [1.82, 2.24) is 5.43 Å². The lowest BCUT2D eigenvalue weighted by molar-refractivity contribution is 0.0701. The molecule has 3 rings (SSSR count). The van der Waals surface area contributed by atoms with Gasteiger partial charge in [-0.1, -0.05) is 17.7 Å². The number of carbonyl (C=O) groups is 2. The van der Waals surface area contributed by atoms with Gasteiger partial charge in [0.1, 0.15) is 5.75 Å². The monoisotopic (exact) mass is 382 g/mol. The third-order valence-electron chi connectivity index (χ3n) is 3.56. The molecule has 0 radical (unpaired) electrons. The smallest absolute Gasteiger partial charge is 0.379 e. The van der Waals surface area contributed by atoms with Crippen molar-refractivity contribution in [2.45, 2.75) is 6.92 Å². The molecule has 0 spiro atoms. The first-order valence-electron chi connectivity index (χ1n) is 7.98. The molecule has 2 aromatic carbocycles. The molecule has 1 N–H and O–H groups in total. The molecule has 0 atom stereocenters. The molecular weight excluding hydrogens is 368 g/mol. The number of benzene rings is 2. The van der Waals surface area contributed by atoms with Crippen LogP contribution < -0.4 is 10.2 Å². The van der Waals surface area contributed by atoms with Gasteiger partial charge >= 0.3 is 5.97 Å². The summed E-state index contributed by atoms with van der Waals surface area (Å²) >= 11 is 6.06.